The number of hydrogen-bond acceptors (Lipinski definition) is 3. The van der Waals surface area contributed by atoms with Gasteiger partial charge in [-0.25, -0.2) is 0 Å². The second-order valence-corrected chi connectivity index (χ2v) is 5.31. The molecule has 0 unspecified atom stereocenters. The second-order valence-electron chi connectivity index (χ2n) is 4.51. The molecule has 17 heavy (non-hydrogen) atoms. The van der Waals surface area contributed by atoms with E-state index in [9.17, 15) is 9.90 Å². The van der Waals surface area contributed by atoms with Crippen molar-refractivity contribution in [1.82, 2.24) is 10.3 Å². The number of amides is 1. The van der Waals surface area contributed by atoms with E-state index in [4.69, 9.17) is 0 Å². The van der Waals surface area contributed by atoms with Crippen LogP contribution in [0, 0.1) is 5.41 Å². The van der Waals surface area contributed by atoms with Crippen molar-refractivity contribution in [2.24, 2.45) is 5.41 Å². The van der Waals surface area contributed by atoms with Crippen LogP contribution in [0.1, 0.15) is 29.6 Å². The highest BCUT2D eigenvalue weighted by atomic mass is 79.9. The zero-order chi connectivity index (χ0) is 12.3. The van der Waals surface area contributed by atoms with E-state index in [1.165, 1.54) is 31.3 Å². The minimum absolute atomic E-state index is 0.0738. The minimum Gasteiger partial charge on any atom is -0.505 e. The molecule has 0 bridgehead atoms. The van der Waals surface area contributed by atoms with E-state index in [-0.39, 0.29) is 22.6 Å². The summed E-state index contributed by atoms with van der Waals surface area (Å²) in [6.45, 7) is 0.680. The maximum atomic E-state index is 11.8. The fourth-order valence-corrected chi connectivity index (χ4v) is 2.67. The molecule has 1 fully saturated rings. The lowest BCUT2D eigenvalue weighted by Gasteiger charge is -2.14. The van der Waals surface area contributed by atoms with Crippen LogP contribution in [0.2, 0.25) is 0 Å². The van der Waals surface area contributed by atoms with Gasteiger partial charge >= 0.3 is 0 Å². The van der Waals surface area contributed by atoms with E-state index in [0.29, 0.717) is 6.54 Å². The Morgan fingerprint density at radius 2 is 2.35 bits per heavy atom. The van der Waals surface area contributed by atoms with Crippen LogP contribution < -0.4 is 5.32 Å². The molecule has 4 nitrogen and oxygen atoms in total. The van der Waals surface area contributed by atoms with Crippen molar-refractivity contribution in [2.45, 2.75) is 19.3 Å². The number of halogens is 1. The smallest absolute Gasteiger partial charge is 0.255 e. The minimum atomic E-state index is -0.231. The Balaban J connectivity index is 1.92. The molecule has 2 rings (SSSR count). The quantitative estimate of drug-likeness (QED) is 0.818. The van der Waals surface area contributed by atoms with Crippen molar-refractivity contribution in [3.05, 3.63) is 24.0 Å². The second kappa shape index (κ2) is 5.04. The first kappa shape index (κ1) is 12.4. The molecule has 0 aromatic carbocycles. The third kappa shape index (κ3) is 2.97. The van der Waals surface area contributed by atoms with E-state index < -0.39 is 0 Å². The largest absolute Gasteiger partial charge is 0.505 e. The number of hydrogen-bond donors (Lipinski definition) is 2. The van der Waals surface area contributed by atoms with Crippen LogP contribution in [0.5, 0.6) is 5.75 Å². The Bertz CT molecular complexity index is 419. The molecule has 92 valence electrons. The first-order valence-electron chi connectivity index (χ1n) is 5.64. The molecule has 1 aliphatic rings. The average Bonchev–Trinajstić information content (AvgIpc) is 3.08. The van der Waals surface area contributed by atoms with Gasteiger partial charge < -0.3 is 10.4 Å². The van der Waals surface area contributed by atoms with E-state index in [2.05, 4.69) is 26.2 Å². The van der Waals surface area contributed by atoms with Gasteiger partial charge in [0.2, 0.25) is 0 Å². The van der Waals surface area contributed by atoms with Gasteiger partial charge in [-0.2, -0.15) is 0 Å². The summed E-state index contributed by atoms with van der Waals surface area (Å²) in [5.41, 5.74) is 0.566. The summed E-state index contributed by atoms with van der Waals surface area (Å²) in [5.74, 6) is -0.305. The molecule has 0 saturated heterocycles. The normalized spacial score (nSPS) is 16.5. The lowest BCUT2D eigenvalue weighted by atomic mass is 10.0. The van der Waals surface area contributed by atoms with Crippen molar-refractivity contribution in [1.29, 1.82) is 0 Å². The molecule has 0 spiro atoms. The van der Waals surface area contributed by atoms with Gasteiger partial charge in [0.1, 0.15) is 5.75 Å². The summed E-state index contributed by atoms with van der Waals surface area (Å²) in [7, 11) is 0. The monoisotopic (exact) mass is 298 g/mol. The molecule has 1 aliphatic carbocycles. The third-order valence-electron chi connectivity index (χ3n) is 3.25. The van der Waals surface area contributed by atoms with E-state index in [1.807, 2.05) is 0 Å². The summed E-state index contributed by atoms with van der Waals surface area (Å²) in [6.07, 6.45) is 6.19. The molecule has 5 heteroatoms. The van der Waals surface area contributed by atoms with Crippen molar-refractivity contribution in [3.8, 4) is 5.75 Å². The number of pyridine rings is 1. The van der Waals surface area contributed by atoms with Crippen molar-refractivity contribution >= 4 is 21.8 Å². The van der Waals surface area contributed by atoms with Crippen molar-refractivity contribution in [3.63, 3.8) is 0 Å². The molecule has 1 heterocycles. The first-order valence-corrected chi connectivity index (χ1v) is 6.76. The number of aromatic nitrogens is 1. The molecule has 1 saturated carbocycles. The Labute approximate surface area is 109 Å². The van der Waals surface area contributed by atoms with Crippen molar-refractivity contribution in [2.75, 3.05) is 11.9 Å². The van der Waals surface area contributed by atoms with Crippen molar-refractivity contribution < 1.29 is 9.90 Å². The van der Waals surface area contributed by atoms with Crippen LogP contribution in [-0.4, -0.2) is 27.9 Å². The summed E-state index contributed by atoms with van der Waals surface area (Å²) in [4.78, 5) is 15.6. The van der Waals surface area contributed by atoms with Gasteiger partial charge in [-0.15, -0.1) is 0 Å². The Morgan fingerprint density at radius 1 is 1.59 bits per heavy atom. The van der Waals surface area contributed by atoms with Gasteiger partial charge in [0.25, 0.3) is 5.91 Å². The van der Waals surface area contributed by atoms with Gasteiger partial charge in [0, 0.05) is 18.1 Å². The maximum Gasteiger partial charge on any atom is 0.255 e. The first-order chi connectivity index (χ1) is 8.17. The Hall–Kier alpha value is -1.10. The van der Waals surface area contributed by atoms with Crippen LogP contribution in [0.3, 0.4) is 0 Å². The Morgan fingerprint density at radius 3 is 2.94 bits per heavy atom. The summed E-state index contributed by atoms with van der Waals surface area (Å²) in [6, 6.07) is 1.52. The summed E-state index contributed by atoms with van der Waals surface area (Å²) < 4.78 is 0. The highest BCUT2D eigenvalue weighted by Gasteiger charge is 2.41. The zero-order valence-electron chi connectivity index (χ0n) is 9.45. The van der Waals surface area contributed by atoms with Crippen LogP contribution in [0.4, 0.5) is 0 Å². The lowest BCUT2D eigenvalue weighted by molar-refractivity contribution is 0.0941. The standard InChI is InChI=1S/C12H15BrN2O2/c13-5-4-12(2-3-12)8-15-11(17)9-1-6-14-7-10(9)16/h1,6-7,16H,2-5,8H2,(H,15,17). The topological polar surface area (TPSA) is 62.2 Å². The van der Waals surface area contributed by atoms with E-state index in [1.54, 1.807) is 0 Å². The molecule has 0 radical (unpaired) electrons. The third-order valence-corrected chi connectivity index (χ3v) is 3.65. The molecular weight excluding hydrogens is 284 g/mol. The van der Waals surface area contributed by atoms with E-state index >= 15 is 0 Å². The molecular formula is C12H15BrN2O2. The van der Waals surface area contributed by atoms with Crippen LogP contribution in [0.15, 0.2) is 18.5 Å². The fraction of sp³-hybridized carbons (Fsp3) is 0.500. The van der Waals surface area contributed by atoms with E-state index in [0.717, 1.165) is 11.8 Å². The SMILES string of the molecule is O=C(NCC1(CCBr)CC1)c1ccncc1O. The highest BCUT2D eigenvalue weighted by molar-refractivity contribution is 9.09. The molecule has 1 aromatic heterocycles. The number of carbonyl (C=O) groups excluding carboxylic acids is 1. The van der Waals surface area contributed by atoms with Crippen LogP contribution in [-0.2, 0) is 0 Å². The number of rotatable bonds is 5. The van der Waals surface area contributed by atoms with Gasteiger partial charge in [-0.1, -0.05) is 15.9 Å². The van der Waals surface area contributed by atoms with Gasteiger partial charge in [-0.3, -0.25) is 9.78 Å². The average molecular weight is 299 g/mol. The number of nitrogens with zero attached hydrogens (tertiary/aromatic N) is 1. The summed E-state index contributed by atoms with van der Waals surface area (Å²) >= 11 is 3.43. The maximum absolute atomic E-state index is 11.8. The number of alkyl halides is 1. The van der Waals surface area contributed by atoms with Crippen LogP contribution >= 0.6 is 15.9 Å². The molecule has 0 atom stereocenters. The lowest BCUT2D eigenvalue weighted by Crippen LogP contribution is -2.30. The summed E-state index contributed by atoms with van der Waals surface area (Å²) in [5, 5.41) is 13.3. The molecule has 2 N–H and O–H groups in total. The Kier molecular flexibility index (Phi) is 3.66. The predicted octanol–water partition coefficient (Wildman–Crippen LogP) is 2.08. The predicted molar refractivity (Wildman–Crippen MR) is 68.3 cm³/mol. The van der Waals surface area contributed by atoms with Gasteiger partial charge in [0.05, 0.1) is 11.8 Å². The number of nitrogens with one attached hydrogen (secondary N) is 1. The molecule has 0 aliphatic heterocycles. The molecule has 1 amide bonds. The number of aromatic hydroxyl groups is 1. The molecule has 1 aromatic rings. The van der Waals surface area contributed by atoms with Gasteiger partial charge in [0.15, 0.2) is 0 Å². The highest BCUT2D eigenvalue weighted by Crippen LogP contribution is 2.48. The zero-order valence-corrected chi connectivity index (χ0v) is 11.0. The van der Waals surface area contributed by atoms with Crippen LogP contribution in [0.25, 0.3) is 0 Å². The van der Waals surface area contributed by atoms with Gasteiger partial charge in [-0.05, 0) is 30.7 Å². The number of carbonyl (C=O) groups is 1. The fourth-order valence-electron chi connectivity index (χ4n) is 1.83.